The number of nitrogens with zero attached hydrogens (tertiary/aromatic N) is 4. The molecular formula is C44H28N4Pt2S. The molecule has 9 aromatic rings. The Kier molecular flexibility index (Phi) is 13.8. The number of benzene rings is 4. The van der Waals surface area contributed by atoms with Crippen molar-refractivity contribution in [3.05, 3.63) is 194 Å². The fourth-order valence-corrected chi connectivity index (χ4v) is 6.17. The van der Waals surface area contributed by atoms with Crippen molar-refractivity contribution in [2.75, 3.05) is 0 Å². The first-order valence-electron chi connectivity index (χ1n) is 15.7. The zero-order chi connectivity index (χ0) is 33.1. The summed E-state index contributed by atoms with van der Waals surface area (Å²) in [6.07, 6.45) is 3.55. The van der Waals surface area contributed by atoms with Gasteiger partial charge >= 0.3 is 42.1 Å². The second-order valence-corrected chi connectivity index (χ2v) is 11.8. The molecule has 0 atom stereocenters. The van der Waals surface area contributed by atoms with Crippen molar-refractivity contribution in [2.45, 2.75) is 0 Å². The van der Waals surface area contributed by atoms with Crippen LogP contribution in [-0.4, -0.2) is 19.9 Å². The maximum absolute atomic E-state index is 4.62. The predicted molar refractivity (Wildman–Crippen MR) is 200 cm³/mol. The van der Waals surface area contributed by atoms with E-state index in [4.69, 9.17) is 0 Å². The second-order valence-electron chi connectivity index (χ2n) is 10.7. The third-order valence-corrected chi connectivity index (χ3v) is 8.55. The summed E-state index contributed by atoms with van der Waals surface area (Å²) in [5, 5.41) is 2.39. The molecule has 0 unspecified atom stereocenters. The summed E-state index contributed by atoms with van der Waals surface area (Å²) in [4.78, 5) is 17.9. The molecule has 7 heteroatoms. The van der Waals surface area contributed by atoms with Crippen LogP contribution in [-0.2, 0) is 42.1 Å². The zero-order valence-corrected chi connectivity index (χ0v) is 32.4. The molecule has 0 aliphatic heterocycles. The summed E-state index contributed by atoms with van der Waals surface area (Å²) >= 11 is 1.80. The quantitative estimate of drug-likeness (QED) is 0.165. The summed E-state index contributed by atoms with van der Waals surface area (Å²) in [5.41, 5.74) is 7.35. The van der Waals surface area contributed by atoms with Crippen molar-refractivity contribution >= 4 is 31.5 Å². The number of aromatic nitrogens is 4. The SMILES string of the molecule is [Pt+2].[Pt+2].[c-]1cccc2sc3ccc[c-]c3c12.[c-]1ccccc1-c1cccc(-c2ccccn2)n1.[c-]1ccccc1-c1cccc(-c2ccccn2)n1. The maximum atomic E-state index is 4.62. The van der Waals surface area contributed by atoms with Crippen LogP contribution in [0.1, 0.15) is 0 Å². The number of hydrogen-bond donors (Lipinski definition) is 0. The molecule has 9 rings (SSSR count). The van der Waals surface area contributed by atoms with Crippen molar-refractivity contribution in [3.63, 3.8) is 0 Å². The molecule has 250 valence electrons. The molecule has 0 spiro atoms. The minimum atomic E-state index is 0. The van der Waals surface area contributed by atoms with Crippen LogP contribution in [0.5, 0.6) is 0 Å². The van der Waals surface area contributed by atoms with Crippen molar-refractivity contribution in [2.24, 2.45) is 0 Å². The Morgan fingerprint density at radius 1 is 0.353 bits per heavy atom. The fraction of sp³-hybridized carbons (Fsp3) is 0. The van der Waals surface area contributed by atoms with E-state index < -0.39 is 0 Å². The standard InChI is InChI=1S/2C16H11N2.C12H6S.2Pt/c2*1-2-7-13(8-3-1)14-10-6-11-16(18-14)15-9-4-5-12-17-15;1-3-7-11-9(5-1)10-6-2-4-8-12(10)13-11;;/h2*1-7,9-12H;1-4,7-8H;;/q2*-1;-2;2*+2. The summed E-state index contributed by atoms with van der Waals surface area (Å²) in [7, 11) is 0. The first kappa shape index (κ1) is 37.3. The van der Waals surface area contributed by atoms with Gasteiger partial charge in [-0.05, 0) is 47.8 Å². The average molecular weight is 1030 g/mol. The van der Waals surface area contributed by atoms with Crippen LogP contribution in [0.2, 0.25) is 0 Å². The Bertz CT molecular complexity index is 2110. The molecule has 0 aliphatic carbocycles. The van der Waals surface area contributed by atoms with E-state index in [2.05, 4.69) is 56.3 Å². The number of hydrogen-bond acceptors (Lipinski definition) is 5. The van der Waals surface area contributed by atoms with Crippen LogP contribution >= 0.6 is 11.3 Å². The van der Waals surface area contributed by atoms with Crippen LogP contribution in [0.15, 0.2) is 170 Å². The van der Waals surface area contributed by atoms with Crippen LogP contribution in [0.4, 0.5) is 0 Å². The second kappa shape index (κ2) is 18.9. The van der Waals surface area contributed by atoms with Gasteiger partial charge in [0, 0.05) is 12.4 Å². The van der Waals surface area contributed by atoms with Crippen LogP contribution in [0, 0.1) is 24.3 Å². The third kappa shape index (κ3) is 9.66. The van der Waals surface area contributed by atoms with Gasteiger partial charge in [-0.2, -0.15) is 24.3 Å². The van der Waals surface area contributed by atoms with E-state index in [1.54, 1.807) is 23.7 Å². The first-order valence-corrected chi connectivity index (χ1v) is 16.5. The molecule has 4 aromatic carbocycles. The molecular weight excluding hydrogens is 1010 g/mol. The molecule has 0 saturated carbocycles. The van der Waals surface area contributed by atoms with E-state index in [1.807, 2.05) is 146 Å². The molecule has 0 amide bonds. The van der Waals surface area contributed by atoms with Gasteiger partial charge < -0.3 is 0 Å². The van der Waals surface area contributed by atoms with E-state index in [1.165, 1.54) is 20.2 Å². The van der Waals surface area contributed by atoms with Gasteiger partial charge in [-0.3, -0.25) is 31.3 Å². The Balaban J connectivity index is 0.000000147. The summed E-state index contributed by atoms with van der Waals surface area (Å²) in [6.45, 7) is 0. The van der Waals surface area contributed by atoms with E-state index in [-0.39, 0.29) is 42.1 Å². The van der Waals surface area contributed by atoms with Crippen molar-refractivity contribution in [1.82, 2.24) is 19.9 Å². The fourth-order valence-electron chi connectivity index (χ4n) is 5.11. The van der Waals surface area contributed by atoms with Crippen molar-refractivity contribution in [3.8, 4) is 45.3 Å². The summed E-state index contributed by atoms with van der Waals surface area (Å²) in [5.74, 6) is 0. The Labute approximate surface area is 330 Å². The molecule has 0 saturated heterocycles. The van der Waals surface area contributed by atoms with Gasteiger partial charge in [-0.15, -0.1) is 105 Å². The summed E-state index contributed by atoms with van der Waals surface area (Å²) < 4.78 is 2.58. The van der Waals surface area contributed by atoms with Gasteiger partial charge in [0.2, 0.25) is 0 Å². The maximum Gasteiger partial charge on any atom is 2.00 e. The normalized spacial score (nSPS) is 10.0. The van der Waals surface area contributed by atoms with Gasteiger partial charge in [-0.1, -0.05) is 36.4 Å². The van der Waals surface area contributed by atoms with Crippen molar-refractivity contribution in [1.29, 1.82) is 0 Å². The number of fused-ring (bicyclic) bond motifs is 3. The van der Waals surface area contributed by atoms with Gasteiger partial charge in [-0.25, -0.2) is 10.8 Å². The Morgan fingerprint density at radius 3 is 1.18 bits per heavy atom. The third-order valence-electron chi connectivity index (χ3n) is 7.43. The molecule has 4 nitrogen and oxygen atoms in total. The van der Waals surface area contributed by atoms with E-state index in [0.717, 1.165) is 45.3 Å². The minimum absolute atomic E-state index is 0. The molecule has 5 heterocycles. The van der Waals surface area contributed by atoms with Crippen LogP contribution < -0.4 is 0 Å². The van der Waals surface area contributed by atoms with Gasteiger partial charge in [0.05, 0.1) is 22.8 Å². The molecule has 0 fully saturated rings. The average Bonchev–Trinajstić information content (AvgIpc) is 3.59. The zero-order valence-electron chi connectivity index (χ0n) is 27.0. The van der Waals surface area contributed by atoms with Crippen molar-refractivity contribution < 1.29 is 42.1 Å². The topological polar surface area (TPSA) is 51.6 Å². The van der Waals surface area contributed by atoms with Gasteiger partial charge in [0.15, 0.2) is 0 Å². The van der Waals surface area contributed by atoms with Crippen LogP contribution in [0.25, 0.3) is 65.5 Å². The van der Waals surface area contributed by atoms with E-state index in [9.17, 15) is 0 Å². The molecule has 0 bridgehead atoms. The number of pyridine rings is 4. The number of rotatable bonds is 4. The number of thiophene rings is 1. The minimum Gasteiger partial charge on any atom is -0.295 e. The van der Waals surface area contributed by atoms with Gasteiger partial charge in [0.25, 0.3) is 0 Å². The largest absolute Gasteiger partial charge is 2.00 e. The summed E-state index contributed by atoms with van der Waals surface area (Å²) in [6, 6.07) is 64.3. The Hall–Kier alpha value is -4.92. The van der Waals surface area contributed by atoms with Crippen LogP contribution in [0.3, 0.4) is 0 Å². The Morgan fingerprint density at radius 2 is 0.765 bits per heavy atom. The molecule has 51 heavy (non-hydrogen) atoms. The molecule has 5 aromatic heterocycles. The molecule has 0 radical (unpaired) electrons. The first-order chi connectivity index (χ1) is 24.3. The predicted octanol–water partition coefficient (Wildman–Crippen LogP) is 10.9. The monoisotopic (exact) mass is 1030 g/mol. The smallest absolute Gasteiger partial charge is 0.295 e. The molecule has 0 N–H and O–H groups in total. The van der Waals surface area contributed by atoms with Gasteiger partial charge in [0.1, 0.15) is 0 Å². The van der Waals surface area contributed by atoms with E-state index >= 15 is 0 Å². The van der Waals surface area contributed by atoms with E-state index in [0.29, 0.717) is 0 Å². The molecule has 0 aliphatic rings.